The van der Waals surface area contributed by atoms with Crippen LogP contribution in [-0.4, -0.2) is 47.8 Å². The number of hydrogen-bond donors (Lipinski definition) is 1. The highest BCUT2D eigenvalue weighted by Gasteiger charge is 2.44. The molecule has 0 saturated carbocycles. The lowest BCUT2D eigenvalue weighted by Gasteiger charge is -2.35. The minimum absolute atomic E-state index is 0.0365. The Morgan fingerprint density at radius 3 is 2.85 bits per heavy atom. The van der Waals surface area contributed by atoms with Gasteiger partial charge in [-0.15, -0.1) is 0 Å². The third kappa shape index (κ3) is 2.85. The summed E-state index contributed by atoms with van der Waals surface area (Å²) >= 11 is 0. The molecule has 0 aromatic heterocycles. The Morgan fingerprint density at radius 1 is 1.50 bits per heavy atom. The quantitative estimate of drug-likeness (QED) is 0.788. The van der Waals surface area contributed by atoms with Crippen molar-refractivity contribution in [2.45, 2.75) is 45.3 Å². The molecule has 111 valence electrons. The number of rotatable bonds is 4. The predicted octanol–water partition coefficient (Wildman–Crippen LogP) is 0.0512. The monoisotopic (exact) mass is 281 g/mol. The van der Waals surface area contributed by atoms with Gasteiger partial charge in [0.15, 0.2) is 5.78 Å². The zero-order chi connectivity index (χ0) is 14.9. The number of carbonyl (C=O) groups is 3. The molecule has 6 nitrogen and oxygen atoms in total. The van der Waals surface area contributed by atoms with E-state index >= 15 is 0 Å². The molecule has 2 fully saturated rings. The zero-order valence-electron chi connectivity index (χ0n) is 11.9. The maximum Gasteiger partial charge on any atom is 0.227 e. The van der Waals surface area contributed by atoms with Crippen molar-refractivity contribution in [2.75, 3.05) is 13.2 Å². The van der Waals surface area contributed by atoms with E-state index in [2.05, 4.69) is 0 Å². The molecular formula is C14H21N2O4. The lowest BCUT2D eigenvalue weighted by molar-refractivity contribution is -0.138. The highest BCUT2D eigenvalue weighted by atomic mass is 16.5. The van der Waals surface area contributed by atoms with Gasteiger partial charge in [-0.1, -0.05) is 13.8 Å². The van der Waals surface area contributed by atoms with Gasteiger partial charge < -0.3 is 15.4 Å². The zero-order valence-corrected chi connectivity index (χ0v) is 11.9. The van der Waals surface area contributed by atoms with Crippen molar-refractivity contribution in [3.8, 4) is 0 Å². The fourth-order valence-corrected chi connectivity index (χ4v) is 2.60. The topological polar surface area (TPSA) is 89.7 Å². The molecule has 0 aromatic carbocycles. The summed E-state index contributed by atoms with van der Waals surface area (Å²) in [7, 11) is 0. The van der Waals surface area contributed by atoms with E-state index in [0.29, 0.717) is 6.54 Å². The summed E-state index contributed by atoms with van der Waals surface area (Å²) in [4.78, 5) is 36.9. The number of ether oxygens (including phenoxy) is 1. The average Bonchev–Trinajstić information content (AvgIpc) is 2.78. The van der Waals surface area contributed by atoms with Crippen LogP contribution in [0.25, 0.3) is 0 Å². The highest BCUT2D eigenvalue weighted by Crippen LogP contribution is 2.28. The Balaban J connectivity index is 1.98. The molecule has 6 heteroatoms. The van der Waals surface area contributed by atoms with Crippen molar-refractivity contribution in [1.29, 1.82) is 0 Å². The fraction of sp³-hybridized carbons (Fsp3) is 0.714. The Morgan fingerprint density at radius 2 is 2.20 bits per heavy atom. The van der Waals surface area contributed by atoms with Gasteiger partial charge >= 0.3 is 0 Å². The minimum atomic E-state index is -0.763. The third-order valence-corrected chi connectivity index (χ3v) is 4.08. The molecule has 0 spiro atoms. The number of Topliss-reactive ketones (excluding diaryl/α,β-unsaturated/α-hetero) is 1. The predicted molar refractivity (Wildman–Crippen MR) is 71.4 cm³/mol. The lowest BCUT2D eigenvalue weighted by Crippen LogP contribution is -2.52. The maximum atomic E-state index is 12.3. The number of nitrogens with two attached hydrogens (primary N) is 1. The number of fused-ring (bicyclic) bond motifs is 1. The first-order valence-electron chi connectivity index (χ1n) is 6.91. The van der Waals surface area contributed by atoms with Crippen LogP contribution in [0.4, 0.5) is 0 Å². The van der Waals surface area contributed by atoms with Crippen molar-refractivity contribution < 1.29 is 19.1 Å². The van der Waals surface area contributed by atoms with Crippen molar-refractivity contribution in [3.63, 3.8) is 0 Å². The van der Waals surface area contributed by atoms with Crippen LogP contribution >= 0.6 is 0 Å². The third-order valence-electron chi connectivity index (χ3n) is 4.08. The van der Waals surface area contributed by atoms with Gasteiger partial charge in [-0.05, 0) is 19.3 Å². The number of amides is 2. The van der Waals surface area contributed by atoms with Crippen LogP contribution in [0.3, 0.4) is 0 Å². The number of ketones is 1. The second kappa shape index (κ2) is 5.52. The van der Waals surface area contributed by atoms with Crippen LogP contribution in [0, 0.1) is 11.8 Å². The molecule has 2 aliphatic rings. The Hall–Kier alpha value is -1.43. The van der Waals surface area contributed by atoms with Crippen LogP contribution in [0.5, 0.6) is 0 Å². The van der Waals surface area contributed by atoms with Crippen molar-refractivity contribution >= 4 is 17.6 Å². The molecule has 2 rings (SSSR count). The fourth-order valence-electron chi connectivity index (χ4n) is 2.60. The second-order valence-electron chi connectivity index (χ2n) is 6.09. The number of nitrogens with zero attached hydrogens (tertiary/aromatic N) is 1. The summed E-state index contributed by atoms with van der Waals surface area (Å²) in [5, 5.41) is 0. The van der Waals surface area contributed by atoms with Gasteiger partial charge in [-0.3, -0.25) is 14.4 Å². The molecule has 2 unspecified atom stereocenters. The van der Waals surface area contributed by atoms with Crippen LogP contribution in [0.2, 0.25) is 0 Å². The van der Waals surface area contributed by atoms with E-state index in [1.54, 1.807) is 18.7 Å². The molecule has 2 atom stereocenters. The lowest BCUT2D eigenvalue weighted by atomic mass is 9.86. The summed E-state index contributed by atoms with van der Waals surface area (Å²) in [6.07, 6.45) is 3.20. The maximum absolute atomic E-state index is 12.3. The smallest absolute Gasteiger partial charge is 0.227 e. The molecule has 20 heavy (non-hydrogen) atoms. The van der Waals surface area contributed by atoms with Gasteiger partial charge in [0.05, 0.1) is 12.5 Å². The first-order valence-corrected chi connectivity index (χ1v) is 6.91. The van der Waals surface area contributed by atoms with Gasteiger partial charge in [0.25, 0.3) is 0 Å². The van der Waals surface area contributed by atoms with Gasteiger partial charge in [-0.25, -0.2) is 0 Å². The number of primary amides is 1. The molecule has 2 aliphatic heterocycles. The summed E-state index contributed by atoms with van der Waals surface area (Å²) < 4.78 is 5.40. The van der Waals surface area contributed by atoms with E-state index < -0.39 is 17.4 Å². The number of piperidine rings is 1. The van der Waals surface area contributed by atoms with Gasteiger partial charge in [0, 0.05) is 12.0 Å². The Kier molecular flexibility index (Phi) is 4.13. The van der Waals surface area contributed by atoms with E-state index in [1.165, 1.54) is 6.42 Å². The van der Waals surface area contributed by atoms with Crippen LogP contribution in [0.15, 0.2) is 0 Å². The SMILES string of the molecule is CC(C)(C[CH]C(=O)N1CCCC2OCC(=O)C21)C(N)=O. The van der Waals surface area contributed by atoms with E-state index in [0.717, 1.165) is 12.8 Å². The first-order chi connectivity index (χ1) is 9.33. The molecule has 2 amide bonds. The molecule has 2 heterocycles. The molecule has 0 aliphatic carbocycles. The standard InChI is InChI=1S/C14H21N2O4/c1-14(2,13(15)19)6-5-11(18)16-7-3-4-10-12(16)9(17)8-20-10/h5,10,12H,3-4,6-8H2,1-2H3,(H2,15,19). The van der Waals surface area contributed by atoms with E-state index in [4.69, 9.17) is 10.5 Å². The second-order valence-corrected chi connectivity index (χ2v) is 6.09. The normalized spacial score (nSPS) is 26.5. The van der Waals surface area contributed by atoms with Crippen LogP contribution in [0.1, 0.15) is 33.1 Å². The van der Waals surface area contributed by atoms with Gasteiger partial charge in [0.1, 0.15) is 12.6 Å². The van der Waals surface area contributed by atoms with Crippen molar-refractivity contribution in [1.82, 2.24) is 4.90 Å². The number of likely N-dealkylation sites (tertiary alicyclic amines) is 1. The van der Waals surface area contributed by atoms with Gasteiger partial charge in [-0.2, -0.15) is 0 Å². The summed E-state index contributed by atoms with van der Waals surface area (Å²) in [6, 6.07) is -0.454. The highest BCUT2D eigenvalue weighted by molar-refractivity contribution is 5.95. The number of hydrogen-bond acceptors (Lipinski definition) is 4. The molecule has 0 aromatic rings. The van der Waals surface area contributed by atoms with Crippen LogP contribution in [-0.2, 0) is 19.1 Å². The van der Waals surface area contributed by atoms with Crippen molar-refractivity contribution in [3.05, 3.63) is 6.42 Å². The minimum Gasteiger partial charge on any atom is -0.369 e. The van der Waals surface area contributed by atoms with E-state index in [-0.39, 0.29) is 30.8 Å². The number of carbonyl (C=O) groups excluding carboxylic acids is 3. The first kappa shape index (κ1) is 15.0. The average molecular weight is 281 g/mol. The Labute approximate surface area is 118 Å². The molecular weight excluding hydrogens is 260 g/mol. The Bertz CT molecular complexity index is 433. The largest absolute Gasteiger partial charge is 0.369 e. The van der Waals surface area contributed by atoms with E-state index in [9.17, 15) is 14.4 Å². The summed E-state index contributed by atoms with van der Waals surface area (Å²) in [5.41, 5.74) is 4.52. The molecule has 2 saturated heterocycles. The molecule has 2 N–H and O–H groups in total. The molecule has 0 bridgehead atoms. The van der Waals surface area contributed by atoms with Crippen molar-refractivity contribution in [2.24, 2.45) is 11.1 Å². The molecule has 1 radical (unpaired) electrons. The van der Waals surface area contributed by atoms with Gasteiger partial charge in [0.2, 0.25) is 11.8 Å². The van der Waals surface area contributed by atoms with E-state index in [1.807, 2.05) is 0 Å². The summed E-state index contributed by atoms with van der Waals surface area (Å²) in [6.45, 7) is 4.04. The summed E-state index contributed by atoms with van der Waals surface area (Å²) in [5.74, 6) is -0.697. The van der Waals surface area contributed by atoms with Crippen LogP contribution < -0.4 is 5.73 Å².